The summed E-state index contributed by atoms with van der Waals surface area (Å²) < 4.78 is 0. The molecule has 0 aromatic carbocycles. The number of hydrogen-bond acceptors (Lipinski definition) is 5. The molecule has 0 radical (unpaired) electrons. The molecule has 2 heterocycles. The molecule has 0 aliphatic heterocycles. The van der Waals surface area contributed by atoms with Crippen LogP contribution in [0.3, 0.4) is 0 Å². The molecule has 0 aliphatic carbocycles. The molecule has 0 fully saturated rings. The van der Waals surface area contributed by atoms with E-state index in [-0.39, 0.29) is 0 Å². The Labute approximate surface area is 105 Å². The second-order valence-corrected chi connectivity index (χ2v) is 4.67. The van der Waals surface area contributed by atoms with Crippen molar-refractivity contribution >= 4 is 11.3 Å². The van der Waals surface area contributed by atoms with Gasteiger partial charge in [0.2, 0.25) is 0 Å². The Morgan fingerprint density at radius 3 is 3.00 bits per heavy atom. The van der Waals surface area contributed by atoms with Crippen LogP contribution in [-0.4, -0.2) is 21.5 Å². The molecule has 0 amide bonds. The quantitative estimate of drug-likeness (QED) is 0.826. The highest BCUT2D eigenvalue weighted by Crippen LogP contribution is 2.21. The van der Waals surface area contributed by atoms with Gasteiger partial charge in [0.25, 0.3) is 0 Å². The highest BCUT2D eigenvalue weighted by Gasteiger charge is 2.05. The predicted octanol–water partition coefficient (Wildman–Crippen LogP) is 2.41. The first-order valence-electron chi connectivity index (χ1n) is 5.74. The van der Waals surface area contributed by atoms with Gasteiger partial charge in [-0.25, -0.2) is 15.0 Å². The monoisotopic (exact) mass is 248 g/mol. The van der Waals surface area contributed by atoms with Gasteiger partial charge in [0, 0.05) is 18.1 Å². The third kappa shape index (κ3) is 3.31. The third-order valence-electron chi connectivity index (χ3n) is 2.28. The molecule has 5 heteroatoms. The maximum absolute atomic E-state index is 4.56. The van der Waals surface area contributed by atoms with Crippen LogP contribution in [0.4, 0.5) is 0 Å². The van der Waals surface area contributed by atoms with Crippen LogP contribution in [0.15, 0.2) is 17.6 Å². The van der Waals surface area contributed by atoms with Gasteiger partial charge in [0.05, 0.1) is 5.69 Å². The number of aromatic nitrogens is 3. The molecular formula is C12H16N4S. The van der Waals surface area contributed by atoms with Gasteiger partial charge in [-0.05, 0) is 26.0 Å². The van der Waals surface area contributed by atoms with Crippen molar-refractivity contribution < 1.29 is 0 Å². The van der Waals surface area contributed by atoms with Crippen molar-refractivity contribution in [2.75, 3.05) is 6.54 Å². The molecule has 0 saturated heterocycles. The number of hydrogen-bond donors (Lipinski definition) is 1. The third-order valence-corrected chi connectivity index (χ3v) is 3.19. The average molecular weight is 248 g/mol. The van der Waals surface area contributed by atoms with E-state index in [1.807, 2.05) is 13.0 Å². The van der Waals surface area contributed by atoms with Gasteiger partial charge < -0.3 is 5.32 Å². The van der Waals surface area contributed by atoms with Crippen molar-refractivity contribution in [3.05, 3.63) is 29.2 Å². The van der Waals surface area contributed by atoms with E-state index in [4.69, 9.17) is 0 Å². The largest absolute Gasteiger partial charge is 0.311 e. The summed E-state index contributed by atoms with van der Waals surface area (Å²) in [7, 11) is 0. The van der Waals surface area contributed by atoms with Gasteiger partial charge in [0.1, 0.15) is 16.5 Å². The Hall–Kier alpha value is -1.33. The van der Waals surface area contributed by atoms with Crippen LogP contribution in [0.25, 0.3) is 10.7 Å². The summed E-state index contributed by atoms with van der Waals surface area (Å²) in [6.07, 6.45) is 2.91. The molecule has 1 N–H and O–H groups in total. The van der Waals surface area contributed by atoms with Crippen LogP contribution in [0.2, 0.25) is 0 Å². The summed E-state index contributed by atoms with van der Waals surface area (Å²) in [5, 5.41) is 6.38. The molecular weight excluding hydrogens is 232 g/mol. The number of thiazole rings is 1. The fourth-order valence-corrected chi connectivity index (χ4v) is 2.26. The van der Waals surface area contributed by atoms with Gasteiger partial charge >= 0.3 is 0 Å². The Balaban J connectivity index is 2.07. The topological polar surface area (TPSA) is 50.7 Å². The summed E-state index contributed by atoms with van der Waals surface area (Å²) in [6.45, 7) is 5.90. The van der Waals surface area contributed by atoms with Crippen LogP contribution in [0.5, 0.6) is 0 Å². The smallest absolute Gasteiger partial charge is 0.142 e. The van der Waals surface area contributed by atoms with Crippen LogP contribution in [-0.2, 0) is 6.54 Å². The number of aryl methyl sites for hydroxylation is 1. The predicted molar refractivity (Wildman–Crippen MR) is 69.9 cm³/mol. The molecule has 2 aromatic rings. The maximum Gasteiger partial charge on any atom is 0.142 e. The zero-order valence-electron chi connectivity index (χ0n) is 10.1. The lowest BCUT2D eigenvalue weighted by atomic mass is 10.4. The standard InChI is InChI=1S/C12H16N4S/c1-3-5-13-7-10-8-17-12(16-10)11-4-6-14-9(2)15-11/h4,6,8,13H,3,5,7H2,1-2H3. The van der Waals surface area contributed by atoms with Gasteiger partial charge in [-0.1, -0.05) is 6.92 Å². The summed E-state index contributed by atoms with van der Waals surface area (Å²) in [5.74, 6) is 0.781. The molecule has 0 unspecified atom stereocenters. The SMILES string of the molecule is CCCNCc1csc(-c2ccnc(C)n2)n1. The minimum Gasteiger partial charge on any atom is -0.311 e. The van der Waals surface area contributed by atoms with Crippen molar-refractivity contribution in [2.24, 2.45) is 0 Å². The van der Waals surface area contributed by atoms with Crippen LogP contribution >= 0.6 is 11.3 Å². The molecule has 0 aliphatic rings. The van der Waals surface area contributed by atoms with E-state index in [2.05, 4.69) is 32.6 Å². The Bertz CT molecular complexity index is 481. The molecule has 0 saturated carbocycles. The average Bonchev–Trinajstić information content (AvgIpc) is 2.78. The summed E-state index contributed by atoms with van der Waals surface area (Å²) in [4.78, 5) is 13.0. The Morgan fingerprint density at radius 2 is 2.24 bits per heavy atom. The summed E-state index contributed by atoms with van der Waals surface area (Å²) >= 11 is 1.63. The lowest BCUT2D eigenvalue weighted by Crippen LogP contribution is -2.13. The highest BCUT2D eigenvalue weighted by molar-refractivity contribution is 7.13. The van der Waals surface area contributed by atoms with Crippen molar-refractivity contribution in [1.82, 2.24) is 20.3 Å². The van der Waals surface area contributed by atoms with Gasteiger partial charge in [-0.3, -0.25) is 0 Å². The molecule has 2 rings (SSSR count). The second kappa shape index (κ2) is 5.84. The summed E-state index contributed by atoms with van der Waals surface area (Å²) in [5.41, 5.74) is 1.99. The van der Waals surface area contributed by atoms with Crippen LogP contribution in [0.1, 0.15) is 24.9 Å². The number of rotatable bonds is 5. The zero-order chi connectivity index (χ0) is 12.1. The van der Waals surface area contributed by atoms with E-state index >= 15 is 0 Å². The van der Waals surface area contributed by atoms with E-state index in [0.29, 0.717) is 0 Å². The van der Waals surface area contributed by atoms with E-state index in [0.717, 1.165) is 41.7 Å². The number of nitrogens with zero attached hydrogens (tertiary/aromatic N) is 3. The maximum atomic E-state index is 4.56. The molecule has 0 spiro atoms. The molecule has 2 aromatic heterocycles. The lowest BCUT2D eigenvalue weighted by molar-refractivity contribution is 0.667. The molecule has 17 heavy (non-hydrogen) atoms. The summed E-state index contributed by atoms with van der Waals surface area (Å²) in [6, 6.07) is 1.90. The van der Waals surface area contributed by atoms with Crippen molar-refractivity contribution in [1.29, 1.82) is 0 Å². The van der Waals surface area contributed by atoms with Gasteiger partial charge in [0.15, 0.2) is 0 Å². The molecule has 90 valence electrons. The zero-order valence-corrected chi connectivity index (χ0v) is 10.9. The minimum atomic E-state index is 0.781. The van der Waals surface area contributed by atoms with E-state index in [1.165, 1.54) is 0 Å². The molecule has 0 atom stereocenters. The van der Waals surface area contributed by atoms with Crippen LogP contribution < -0.4 is 5.32 Å². The minimum absolute atomic E-state index is 0.781. The Morgan fingerprint density at radius 1 is 1.35 bits per heavy atom. The van der Waals surface area contributed by atoms with Crippen LogP contribution in [0, 0.1) is 6.92 Å². The first-order valence-corrected chi connectivity index (χ1v) is 6.62. The second-order valence-electron chi connectivity index (χ2n) is 3.81. The van der Waals surface area contributed by atoms with E-state index in [1.54, 1.807) is 17.5 Å². The lowest BCUT2D eigenvalue weighted by Gasteiger charge is -1.98. The van der Waals surface area contributed by atoms with Crippen molar-refractivity contribution in [2.45, 2.75) is 26.8 Å². The first-order chi connectivity index (χ1) is 8.29. The fraction of sp³-hybridized carbons (Fsp3) is 0.417. The first kappa shape index (κ1) is 12.1. The molecule has 4 nitrogen and oxygen atoms in total. The van der Waals surface area contributed by atoms with E-state index in [9.17, 15) is 0 Å². The van der Waals surface area contributed by atoms with Crippen molar-refractivity contribution in [3.8, 4) is 10.7 Å². The normalized spacial score (nSPS) is 10.7. The highest BCUT2D eigenvalue weighted by atomic mass is 32.1. The van der Waals surface area contributed by atoms with E-state index < -0.39 is 0 Å². The molecule has 0 bridgehead atoms. The van der Waals surface area contributed by atoms with Gasteiger partial charge in [-0.15, -0.1) is 11.3 Å². The fourth-order valence-electron chi connectivity index (χ4n) is 1.47. The number of nitrogens with one attached hydrogen (secondary N) is 1. The Kier molecular flexibility index (Phi) is 4.17. The van der Waals surface area contributed by atoms with Gasteiger partial charge in [-0.2, -0.15) is 0 Å². The van der Waals surface area contributed by atoms with Crippen molar-refractivity contribution in [3.63, 3.8) is 0 Å².